The number of amides is 1. The predicted molar refractivity (Wildman–Crippen MR) is 149 cm³/mol. The molecule has 37 heavy (non-hydrogen) atoms. The van der Waals surface area contributed by atoms with Crippen LogP contribution in [0.5, 0.6) is 0 Å². The van der Waals surface area contributed by atoms with Gasteiger partial charge >= 0.3 is 0 Å². The minimum atomic E-state index is -0.477. The number of nitrogens with one attached hydrogen (secondary N) is 2. The Kier molecular flexibility index (Phi) is 6.90. The van der Waals surface area contributed by atoms with Crippen LogP contribution in [0.4, 0.5) is 17.1 Å². The van der Waals surface area contributed by atoms with E-state index >= 15 is 0 Å². The van der Waals surface area contributed by atoms with Gasteiger partial charge in [-0.05, 0) is 48.9 Å². The summed E-state index contributed by atoms with van der Waals surface area (Å²) in [5, 5.41) is 10.9. The van der Waals surface area contributed by atoms with Crippen molar-refractivity contribution in [3.8, 4) is 22.4 Å². The van der Waals surface area contributed by atoms with Crippen molar-refractivity contribution in [2.75, 3.05) is 10.6 Å². The van der Waals surface area contributed by atoms with Crippen LogP contribution in [0.3, 0.4) is 0 Å². The van der Waals surface area contributed by atoms with Gasteiger partial charge in [-0.15, -0.1) is 0 Å². The molecule has 0 radical (unpaired) electrons. The Morgan fingerprint density at radius 3 is 1.81 bits per heavy atom. The summed E-state index contributed by atoms with van der Waals surface area (Å²) in [6.45, 7) is 2.18. The Balaban J connectivity index is 1.55. The second-order valence-corrected chi connectivity index (χ2v) is 8.47. The fourth-order valence-electron chi connectivity index (χ4n) is 4.20. The number of carbonyl (C=O) groups excluding carboxylic acids is 1. The quantitative estimate of drug-likeness (QED) is 0.272. The summed E-state index contributed by atoms with van der Waals surface area (Å²) in [5.41, 5.74) is 4.75. The molecule has 0 fully saturated rings. The first kappa shape index (κ1) is 23.8. The van der Waals surface area contributed by atoms with Crippen LogP contribution >= 0.6 is 0 Å². The molecule has 0 atom stereocenters. The molecule has 2 N–H and O–H groups in total. The van der Waals surface area contributed by atoms with Crippen LogP contribution in [0, 0.1) is 0 Å². The molecule has 1 aromatic heterocycles. The largest absolute Gasteiger partial charge is 0.356 e. The molecule has 0 saturated carbocycles. The highest BCUT2D eigenvalue weighted by molar-refractivity contribution is 6.10. The van der Waals surface area contributed by atoms with Crippen LogP contribution in [-0.4, -0.2) is 15.7 Å². The zero-order chi connectivity index (χ0) is 25.6. The average molecular weight is 487 g/mol. The van der Waals surface area contributed by atoms with Gasteiger partial charge in [0.1, 0.15) is 5.56 Å². The molecule has 5 aromatic rings. The van der Waals surface area contributed by atoms with E-state index in [1.54, 1.807) is 0 Å². The molecule has 6 heteroatoms. The number of benzene rings is 4. The number of aromatic nitrogens is 2. The maximum absolute atomic E-state index is 13.7. The van der Waals surface area contributed by atoms with Crippen molar-refractivity contribution in [1.82, 2.24) is 9.78 Å². The third-order valence-corrected chi connectivity index (χ3v) is 6.00. The number of carbonyl (C=O) groups is 1. The van der Waals surface area contributed by atoms with Gasteiger partial charge in [0.15, 0.2) is 0 Å². The van der Waals surface area contributed by atoms with Crippen LogP contribution in [0.25, 0.3) is 22.4 Å². The summed E-state index contributed by atoms with van der Waals surface area (Å²) in [4.78, 5) is 27.2. The summed E-state index contributed by atoms with van der Waals surface area (Å²) in [6.07, 6.45) is 0. The van der Waals surface area contributed by atoms with E-state index < -0.39 is 11.5 Å². The van der Waals surface area contributed by atoms with Gasteiger partial charge in [0, 0.05) is 34.7 Å². The lowest BCUT2D eigenvalue weighted by Gasteiger charge is -2.17. The Bertz CT molecular complexity index is 1560. The van der Waals surface area contributed by atoms with Crippen molar-refractivity contribution in [1.29, 1.82) is 0 Å². The van der Waals surface area contributed by atoms with Crippen molar-refractivity contribution in [3.05, 3.63) is 131 Å². The molecule has 0 spiro atoms. The summed E-state index contributed by atoms with van der Waals surface area (Å²) in [5.74, 6) is -0.477. The van der Waals surface area contributed by atoms with E-state index in [0.717, 1.165) is 22.5 Å². The Labute approximate surface area is 215 Å². The summed E-state index contributed by atoms with van der Waals surface area (Å²) in [6, 6.07) is 36.3. The third-order valence-electron chi connectivity index (χ3n) is 6.00. The van der Waals surface area contributed by atoms with E-state index in [-0.39, 0.29) is 5.56 Å². The topological polar surface area (TPSA) is 76.0 Å². The second-order valence-electron chi connectivity index (χ2n) is 8.47. The first-order chi connectivity index (χ1) is 18.1. The minimum Gasteiger partial charge on any atom is -0.356 e. The molecule has 5 rings (SSSR count). The van der Waals surface area contributed by atoms with E-state index in [1.807, 2.05) is 122 Å². The normalized spacial score (nSPS) is 10.6. The Morgan fingerprint density at radius 2 is 1.22 bits per heavy atom. The van der Waals surface area contributed by atoms with Gasteiger partial charge in [-0.2, -0.15) is 5.10 Å². The highest BCUT2D eigenvalue weighted by atomic mass is 16.2. The Morgan fingerprint density at radius 1 is 0.703 bits per heavy atom. The van der Waals surface area contributed by atoms with Gasteiger partial charge in [-0.25, -0.2) is 4.68 Å². The van der Waals surface area contributed by atoms with Crippen LogP contribution < -0.4 is 16.2 Å². The highest BCUT2D eigenvalue weighted by Crippen LogP contribution is 2.32. The van der Waals surface area contributed by atoms with Gasteiger partial charge in [0.2, 0.25) is 0 Å². The molecular weight excluding hydrogens is 460 g/mol. The van der Waals surface area contributed by atoms with Crippen molar-refractivity contribution >= 4 is 23.0 Å². The molecule has 0 bridgehead atoms. The maximum Gasteiger partial charge on any atom is 0.280 e. The molecular formula is C31H26N4O2. The van der Waals surface area contributed by atoms with Crippen LogP contribution in [0.2, 0.25) is 0 Å². The highest BCUT2D eigenvalue weighted by Gasteiger charge is 2.25. The standard InChI is InChI=1S/C31H26N4O2/c1-2-35-31(37)28(27(22-12-6-3-7-13-22)29(34-35)23-14-8-4-9-15-23)30(36)33-26-20-18-25(19-21-26)32-24-16-10-5-11-17-24/h3-21,32H,2H2,1H3,(H,33,36). The molecule has 182 valence electrons. The average Bonchev–Trinajstić information content (AvgIpc) is 2.95. The van der Waals surface area contributed by atoms with E-state index in [2.05, 4.69) is 15.7 Å². The van der Waals surface area contributed by atoms with E-state index in [4.69, 9.17) is 0 Å². The third kappa shape index (κ3) is 5.18. The molecule has 4 aromatic carbocycles. The van der Waals surface area contributed by atoms with E-state index in [9.17, 15) is 9.59 Å². The smallest absolute Gasteiger partial charge is 0.280 e. The van der Waals surface area contributed by atoms with Gasteiger partial charge in [-0.1, -0.05) is 78.9 Å². The first-order valence-electron chi connectivity index (χ1n) is 12.1. The predicted octanol–water partition coefficient (Wildman–Crippen LogP) is 6.59. The fraction of sp³-hybridized carbons (Fsp3) is 0.0645. The summed E-state index contributed by atoms with van der Waals surface area (Å²) < 4.78 is 1.34. The number of para-hydroxylation sites is 1. The molecule has 1 amide bonds. The zero-order valence-electron chi connectivity index (χ0n) is 20.4. The SMILES string of the molecule is CCn1nc(-c2ccccc2)c(-c2ccccc2)c(C(=O)Nc2ccc(Nc3ccccc3)cc2)c1=O. The maximum atomic E-state index is 13.7. The minimum absolute atomic E-state index is 0.0633. The van der Waals surface area contributed by atoms with Crippen molar-refractivity contribution in [3.63, 3.8) is 0 Å². The van der Waals surface area contributed by atoms with Gasteiger partial charge in [0.25, 0.3) is 11.5 Å². The number of aryl methyl sites for hydroxylation is 1. The zero-order valence-corrected chi connectivity index (χ0v) is 20.4. The monoisotopic (exact) mass is 486 g/mol. The summed E-state index contributed by atoms with van der Waals surface area (Å²) in [7, 11) is 0. The van der Waals surface area contributed by atoms with Crippen molar-refractivity contribution in [2.24, 2.45) is 0 Å². The Hall–Kier alpha value is -4.97. The van der Waals surface area contributed by atoms with Gasteiger partial charge in [-0.3, -0.25) is 9.59 Å². The molecule has 0 aliphatic carbocycles. The number of anilines is 3. The molecule has 1 heterocycles. The lowest BCUT2D eigenvalue weighted by Crippen LogP contribution is -2.32. The molecule has 0 unspecified atom stereocenters. The van der Waals surface area contributed by atoms with Gasteiger partial charge < -0.3 is 10.6 Å². The molecule has 0 saturated heterocycles. The lowest BCUT2D eigenvalue weighted by molar-refractivity contribution is 0.102. The van der Waals surface area contributed by atoms with E-state index in [1.165, 1.54) is 4.68 Å². The van der Waals surface area contributed by atoms with Crippen LogP contribution in [0.15, 0.2) is 120 Å². The number of rotatable bonds is 7. The lowest BCUT2D eigenvalue weighted by atomic mass is 9.95. The second kappa shape index (κ2) is 10.7. The molecule has 0 aliphatic rings. The van der Waals surface area contributed by atoms with Crippen LogP contribution in [0.1, 0.15) is 17.3 Å². The number of nitrogens with zero attached hydrogens (tertiary/aromatic N) is 2. The molecule has 6 nitrogen and oxygen atoms in total. The van der Waals surface area contributed by atoms with Gasteiger partial charge in [0.05, 0.1) is 5.69 Å². The van der Waals surface area contributed by atoms with Crippen molar-refractivity contribution in [2.45, 2.75) is 13.5 Å². The fourth-order valence-corrected chi connectivity index (χ4v) is 4.20. The summed E-state index contributed by atoms with van der Waals surface area (Å²) >= 11 is 0. The first-order valence-corrected chi connectivity index (χ1v) is 12.1. The van der Waals surface area contributed by atoms with Crippen molar-refractivity contribution < 1.29 is 4.79 Å². The van der Waals surface area contributed by atoms with E-state index in [0.29, 0.717) is 23.5 Å². The number of hydrogen-bond donors (Lipinski definition) is 2. The molecule has 0 aliphatic heterocycles. The van der Waals surface area contributed by atoms with Crippen LogP contribution in [-0.2, 0) is 6.54 Å². The number of hydrogen-bond acceptors (Lipinski definition) is 4.